The van der Waals surface area contributed by atoms with Crippen molar-refractivity contribution in [1.29, 1.82) is 0 Å². The van der Waals surface area contributed by atoms with Crippen molar-refractivity contribution in [1.82, 2.24) is 9.55 Å². The summed E-state index contributed by atoms with van der Waals surface area (Å²) in [6, 6.07) is 4.56. The van der Waals surface area contributed by atoms with Crippen LogP contribution in [0.15, 0.2) is 30.6 Å². The maximum absolute atomic E-state index is 13.4. The van der Waals surface area contributed by atoms with Gasteiger partial charge >= 0.3 is 0 Å². The van der Waals surface area contributed by atoms with E-state index in [-0.39, 0.29) is 5.82 Å². The minimum atomic E-state index is -0.337. The fraction of sp³-hybridized carbons (Fsp3) is 0.100. The van der Waals surface area contributed by atoms with Crippen LogP contribution in [0.1, 0.15) is 5.56 Å². The molecule has 2 N–H and O–H groups in total. The fourth-order valence-corrected chi connectivity index (χ4v) is 1.47. The smallest absolute Gasteiger partial charge is 0.200 e. The number of aromatic nitrogens is 2. The number of rotatable bonds is 2. The van der Waals surface area contributed by atoms with Crippen molar-refractivity contribution in [3.05, 3.63) is 47.0 Å². The van der Waals surface area contributed by atoms with Crippen molar-refractivity contribution in [3.8, 4) is 0 Å². The number of nitrogen functional groups attached to an aromatic ring is 1. The first-order chi connectivity index (χ1) is 7.16. The molecule has 15 heavy (non-hydrogen) atoms. The average Bonchev–Trinajstić information content (AvgIpc) is 2.57. The summed E-state index contributed by atoms with van der Waals surface area (Å²) in [5.41, 5.74) is 6.10. The molecule has 0 atom stereocenters. The summed E-state index contributed by atoms with van der Waals surface area (Å²) >= 11 is 5.65. The van der Waals surface area contributed by atoms with E-state index in [4.69, 9.17) is 17.3 Å². The van der Waals surface area contributed by atoms with Gasteiger partial charge in [0.2, 0.25) is 0 Å². The molecule has 0 spiro atoms. The molecule has 2 aromatic rings. The quantitative estimate of drug-likeness (QED) is 0.853. The standard InChI is InChI=1S/C10H9ClFN3/c11-8-2-1-7(9(12)5-8)6-15-4-3-14-10(15)13/h1-5H,6H2,(H2,13,14). The normalized spacial score (nSPS) is 10.5. The monoisotopic (exact) mass is 225 g/mol. The third kappa shape index (κ3) is 2.10. The van der Waals surface area contributed by atoms with Gasteiger partial charge in [-0.2, -0.15) is 0 Å². The molecule has 0 amide bonds. The van der Waals surface area contributed by atoms with Crippen molar-refractivity contribution >= 4 is 17.5 Å². The van der Waals surface area contributed by atoms with Crippen molar-refractivity contribution in [2.45, 2.75) is 6.54 Å². The Morgan fingerprint density at radius 3 is 2.87 bits per heavy atom. The van der Waals surface area contributed by atoms with Gasteiger partial charge in [0.05, 0.1) is 6.54 Å². The van der Waals surface area contributed by atoms with Crippen LogP contribution in [0, 0.1) is 5.82 Å². The lowest BCUT2D eigenvalue weighted by molar-refractivity contribution is 0.600. The zero-order valence-corrected chi connectivity index (χ0v) is 8.58. The van der Waals surface area contributed by atoms with E-state index in [0.717, 1.165) is 0 Å². The Bertz CT molecular complexity index is 481. The van der Waals surface area contributed by atoms with Gasteiger partial charge in [0, 0.05) is 23.0 Å². The van der Waals surface area contributed by atoms with Gasteiger partial charge in [-0.3, -0.25) is 0 Å². The summed E-state index contributed by atoms with van der Waals surface area (Å²) in [5.74, 6) is 0.0277. The molecule has 0 aliphatic carbocycles. The van der Waals surface area contributed by atoms with Gasteiger partial charge in [-0.15, -0.1) is 0 Å². The molecule has 0 radical (unpaired) electrons. The molecular weight excluding hydrogens is 217 g/mol. The first-order valence-corrected chi connectivity index (χ1v) is 4.75. The molecule has 5 heteroatoms. The summed E-state index contributed by atoms with van der Waals surface area (Å²) < 4.78 is 15.1. The molecule has 1 heterocycles. The highest BCUT2D eigenvalue weighted by Crippen LogP contribution is 2.16. The van der Waals surface area contributed by atoms with Crippen molar-refractivity contribution < 1.29 is 4.39 Å². The molecule has 0 aliphatic rings. The van der Waals surface area contributed by atoms with E-state index in [2.05, 4.69) is 4.98 Å². The predicted molar refractivity (Wildman–Crippen MR) is 57.2 cm³/mol. The van der Waals surface area contributed by atoms with Gasteiger partial charge in [-0.25, -0.2) is 9.37 Å². The zero-order chi connectivity index (χ0) is 10.8. The Kier molecular flexibility index (Phi) is 2.60. The number of hydrogen-bond donors (Lipinski definition) is 1. The lowest BCUT2D eigenvalue weighted by Gasteiger charge is -2.06. The van der Waals surface area contributed by atoms with Crippen LogP contribution in [-0.2, 0) is 6.54 Å². The maximum Gasteiger partial charge on any atom is 0.200 e. The van der Waals surface area contributed by atoms with Crippen LogP contribution < -0.4 is 5.73 Å². The third-order valence-corrected chi connectivity index (χ3v) is 2.34. The van der Waals surface area contributed by atoms with Crippen LogP contribution >= 0.6 is 11.6 Å². The lowest BCUT2D eigenvalue weighted by Crippen LogP contribution is -2.05. The van der Waals surface area contributed by atoms with Crippen LogP contribution in [0.4, 0.5) is 10.3 Å². The number of hydrogen-bond acceptors (Lipinski definition) is 2. The van der Waals surface area contributed by atoms with E-state index in [9.17, 15) is 4.39 Å². The number of halogens is 2. The molecule has 3 nitrogen and oxygen atoms in total. The average molecular weight is 226 g/mol. The highest BCUT2D eigenvalue weighted by Gasteiger charge is 2.05. The minimum absolute atomic E-state index is 0.337. The predicted octanol–water partition coefficient (Wildman–Crippen LogP) is 2.31. The number of nitrogens with two attached hydrogens (primary N) is 1. The second-order valence-electron chi connectivity index (χ2n) is 3.15. The molecule has 0 unspecified atom stereocenters. The molecule has 0 bridgehead atoms. The van der Waals surface area contributed by atoms with E-state index in [1.807, 2.05) is 0 Å². The first kappa shape index (κ1) is 9.98. The summed E-state index contributed by atoms with van der Waals surface area (Å²) in [5, 5.41) is 0.384. The van der Waals surface area contributed by atoms with Gasteiger partial charge in [0.15, 0.2) is 5.95 Å². The van der Waals surface area contributed by atoms with E-state index >= 15 is 0 Å². The van der Waals surface area contributed by atoms with E-state index in [1.165, 1.54) is 6.07 Å². The second-order valence-corrected chi connectivity index (χ2v) is 3.59. The van der Waals surface area contributed by atoms with Crippen molar-refractivity contribution in [2.24, 2.45) is 0 Å². The molecule has 2 rings (SSSR count). The molecule has 78 valence electrons. The lowest BCUT2D eigenvalue weighted by atomic mass is 10.2. The summed E-state index contributed by atoms with van der Waals surface area (Å²) in [6.07, 6.45) is 3.27. The highest BCUT2D eigenvalue weighted by molar-refractivity contribution is 6.30. The van der Waals surface area contributed by atoms with Gasteiger partial charge in [0.1, 0.15) is 5.82 Å². The van der Waals surface area contributed by atoms with Gasteiger partial charge in [-0.05, 0) is 12.1 Å². The molecule has 0 saturated heterocycles. The third-order valence-electron chi connectivity index (χ3n) is 2.10. The number of anilines is 1. The Hall–Kier alpha value is -1.55. The minimum Gasteiger partial charge on any atom is -0.369 e. The Morgan fingerprint density at radius 2 is 2.27 bits per heavy atom. The first-order valence-electron chi connectivity index (χ1n) is 4.37. The van der Waals surface area contributed by atoms with Gasteiger partial charge in [-0.1, -0.05) is 17.7 Å². The number of benzene rings is 1. The van der Waals surface area contributed by atoms with Crippen molar-refractivity contribution in [3.63, 3.8) is 0 Å². The Balaban J connectivity index is 2.29. The highest BCUT2D eigenvalue weighted by atomic mass is 35.5. The van der Waals surface area contributed by atoms with E-state index in [0.29, 0.717) is 23.1 Å². The van der Waals surface area contributed by atoms with Gasteiger partial charge in [0.25, 0.3) is 0 Å². The fourth-order valence-electron chi connectivity index (χ4n) is 1.31. The zero-order valence-electron chi connectivity index (χ0n) is 7.82. The largest absolute Gasteiger partial charge is 0.369 e. The van der Waals surface area contributed by atoms with Crippen LogP contribution in [0.25, 0.3) is 0 Å². The molecule has 0 fully saturated rings. The summed E-state index contributed by atoms with van der Waals surface area (Å²) in [4.78, 5) is 3.85. The van der Waals surface area contributed by atoms with Crippen LogP contribution in [-0.4, -0.2) is 9.55 Å². The summed E-state index contributed by atoms with van der Waals surface area (Å²) in [7, 11) is 0. The molecule has 1 aromatic heterocycles. The molecule has 1 aromatic carbocycles. The number of imidazole rings is 1. The molecule has 0 aliphatic heterocycles. The van der Waals surface area contributed by atoms with Crippen LogP contribution in [0.3, 0.4) is 0 Å². The van der Waals surface area contributed by atoms with Crippen molar-refractivity contribution in [2.75, 3.05) is 5.73 Å². The number of nitrogens with zero attached hydrogens (tertiary/aromatic N) is 2. The second kappa shape index (κ2) is 3.90. The van der Waals surface area contributed by atoms with Crippen LogP contribution in [0.5, 0.6) is 0 Å². The van der Waals surface area contributed by atoms with E-state index < -0.39 is 0 Å². The van der Waals surface area contributed by atoms with E-state index in [1.54, 1.807) is 29.1 Å². The summed E-state index contributed by atoms with van der Waals surface area (Å²) in [6.45, 7) is 0.356. The van der Waals surface area contributed by atoms with Gasteiger partial charge < -0.3 is 10.3 Å². The Morgan fingerprint density at radius 1 is 1.47 bits per heavy atom. The maximum atomic E-state index is 13.4. The molecular formula is C10H9ClFN3. The Labute approximate surface area is 91.3 Å². The molecule has 0 saturated carbocycles. The topological polar surface area (TPSA) is 43.8 Å². The SMILES string of the molecule is Nc1nccn1Cc1ccc(Cl)cc1F. The van der Waals surface area contributed by atoms with Crippen LogP contribution in [0.2, 0.25) is 5.02 Å².